The van der Waals surface area contributed by atoms with E-state index in [1.807, 2.05) is 24.3 Å². The SMILES string of the molecule is CC(C)c1cccc(C2(NC[C@@H](O)[C@@H]3Cc4cccc(c4)OCCCCOc4cc(C(N)=O)cc(c4)C(=O)N3)CC2)c1. The average Bonchev–Trinajstić information content (AvgIpc) is 3.78. The highest BCUT2D eigenvalue weighted by atomic mass is 16.5. The van der Waals surface area contributed by atoms with Crippen molar-refractivity contribution in [1.82, 2.24) is 10.6 Å². The molecule has 0 saturated heterocycles. The first-order chi connectivity index (χ1) is 20.2. The van der Waals surface area contributed by atoms with Crippen LogP contribution in [-0.4, -0.2) is 48.8 Å². The van der Waals surface area contributed by atoms with Crippen LogP contribution >= 0.6 is 0 Å². The fourth-order valence-corrected chi connectivity index (χ4v) is 5.42. The summed E-state index contributed by atoms with van der Waals surface area (Å²) < 4.78 is 11.8. The predicted molar refractivity (Wildman–Crippen MR) is 162 cm³/mol. The molecule has 0 radical (unpaired) electrons. The smallest absolute Gasteiger partial charge is 0.251 e. The van der Waals surface area contributed by atoms with Crippen LogP contribution < -0.4 is 25.8 Å². The molecule has 5 rings (SSSR count). The molecule has 0 unspecified atom stereocenters. The van der Waals surface area contributed by atoms with Crippen LogP contribution in [0, 0.1) is 0 Å². The lowest BCUT2D eigenvalue weighted by Crippen LogP contribution is -2.50. The highest BCUT2D eigenvalue weighted by Crippen LogP contribution is 2.46. The standard InChI is InChI=1S/C34H41N3O5/c1-22(2)24-8-6-9-27(18-24)34(11-12-34)36-21-31(38)30-16-23-7-5-10-28(15-23)41-13-3-4-14-42-29-19-25(32(35)39)17-26(20-29)33(40)37-30/h5-10,15,17-20,22,30-31,36,38H,3-4,11-14,16,21H2,1-2H3,(H2,35,39)(H,37,40)/t30-,31+/m0/s1. The Morgan fingerprint density at radius 2 is 1.76 bits per heavy atom. The maximum Gasteiger partial charge on any atom is 0.251 e. The van der Waals surface area contributed by atoms with Crippen LogP contribution in [0.5, 0.6) is 11.5 Å². The van der Waals surface area contributed by atoms with Crippen LogP contribution in [0.3, 0.4) is 0 Å². The Bertz CT molecular complexity index is 1420. The van der Waals surface area contributed by atoms with Gasteiger partial charge in [0.1, 0.15) is 11.5 Å². The first-order valence-corrected chi connectivity index (χ1v) is 14.9. The lowest BCUT2D eigenvalue weighted by atomic mass is 9.95. The lowest BCUT2D eigenvalue weighted by molar-refractivity contribution is 0.0821. The zero-order valence-corrected chi connectivity index (χ0v) is 24.4. The quantitative estimate of drug-likeness (QED) is 0.333. The van der Waals surface area contributed by atoms with Gasteiger partial charge in [-0.05, 0) is 85.0 Å². The number of aliphatic hydroxyl groups is 1. The van der Waals surface area contributed by atoms with Crippen molar-refractivity contribution in [2.45, 2.75) is 69.6 Å². The summed E-state index contributed by atoms with van der Waals surface area (Å²) in [5.74, 6) is 0.506. The molecule has 3 aromatic carbocycles. The number of primary amides is 1. The number of ether oxygens (including phenoxy) is 2. The Labute approximate surface area is 247 Å². The highest BCUT2D eigenvalue weighted by Gasteiger charge is 2.44. The monoisotopic (exact) mass is 571 g/mol. The van der Waals surface area contributed by atoms with E-state index in [1.165, 1.54) is 17.2 Å². The van der Waals surface area contributed by atoms with Crippen LogP contribution in [-0.2, 0) is 12.0 Å². The number of fused-ring (bicyclic) bond motifs is 4. The number of benzene rings is 3. The minimum absolute atomic E-state index is 0.177. The third-order valence-corrected chi connectivity index (χ3v) is 8.17. The minimum Gasteiger partial charge on any atom is -0.494 e. The third-order valence-electron chi connectivity index (χ3n) is 8.17. The maximum atomic E-state index is 13.5. The summed E-state index contributed by atoms with van der Waals surface area (Å²) in [4.78, 5) is 25.6. The van der Waals surface area contributed by atoms with Gasteiger partial charge in [-0.2, -0.15) is 0 Å². The molecular formula is C34H41N3O5. The summed E-state index contributed by atoms with van der Waals surface area (Å²) in [7, 11) is 0. The van der Waals surface area contributed by atoms with Gasteiger partial charge in [0.15, 0.2) is 0 Å². The second-order valence-corrected chi connectivity index (χ2v) is 11.8. The predicted octanol–water partition coefficient (Wildman–Crippen LogP) is 4.44. The summed E-state index contributed by atoms with van der Waals surface area (Å²) in [5.41, 5.74) is 9.26. The molecule has 0 aromatic heterocycles. The molecule has 1 heterocycles. The molecule has 8 heteroatoms. The lowest BCUT2D eigenvalue weighted by Gasteiger charge is -2.28. The molecule has 2 aliphatic rings. The minimum atomic E-state index is -0.891. The third kappa shape index (κ3) is 7.30. The van der Waals surface area contributed by atoms with Crippen molar-refractivity contribution < 1.29 is 24.2 Å². The second kappa shape index (κ2) is 13.0. The number of carbonyl (C=O) groups excluding carboxylic acids is 2. The van der Waals surface area contributed by atoms with Gasteiger partial charge in [-0.3, -0.25) is 9.59 Å². The van der Waals surface area contributed by atoms with Gasteiger partial charge in [-0.1, -0.05) is 50.2 Å². The van der Waals surface area contributed by atoms with Crippen molar-refractivity contribution in [3.63, 3.8) is 0 Å². The summed E-state index contributed by atoms with van der Waals surface area (Å²) in [6.45, 7) is 5.60. The van der Waals surface area contributed by atoms with Crippen LogP contribution in [0.4, 0.5) is 0 Å². The molecule has 2 amide bonds. The fourth-order valence-electron chi connectivity index (χ4n) is 5.42. The van der Waals surface area contributed by atoms with E-state index in [1.54, 1.807) is 12.1 Å². The highest BCUT2D eigenvalue weighted by molar-refractivity contribution is 5.99. The van der Waals surface area contributed by atoms with Crippen molar-refractivity contribution in [3.8, 4) is 11.5 Å². The van der Waals surface area contributed by atoms with E-state index < -0.39 is 24.0 Å². The molecule has 8 nitrogen and oxygen atoms in total. The molecule has 1 fully saturated rings. The van der Waals surface area contributed by atoms with E-state index in [9.17, 15) is 14.7 Å². The summed E-state index contributed by atoms with van der Waals surface area (Å²) >= 11 is 0. The van der Waals surface area contributed by atoms with E-state index in [0.29, 0.717) is 37.8 Å². The Kier molecular flexibility index (Phi) is 9.14. The fraction of sp³-hybridized carbons (Fsp3) is 0.412. The summed E-state index contributed by atoms with van der Waals surface area (Å²) in [6, 6.07) is 20.4. The van der Waals surface area contributed by atoms with Crippen molar-refractivity contribution >= 4 is 11.8 Å². The normalized spacial score (nSPS) is 19.2. The Morgan fingerprint density at radius 1 is 1.02 bits per heavy atom. The molecular weight excluding hydrogens is 530 g/mol. The van der Waals surface area contributed by atoms with Gasteiger partial charge in [-0.25, -0.2) is 0 Å². The van der Waals surface area contributed by atoms with Gasteiger partial charge < -0.3 is 30.9 Å². The first kappa shape index (κ1) is 29.6. The van der Waals surface area contributed by atoms with Gasteiger partial charge in [0.05, 0.1) is 25.4 Å². The zero-order valence-electron chi connectivity index (χ0n) is 24.4. The van der Waals surface area contributed by atoms with Gasteiger partial charge in [0, 0.05) is 23.2 Å². The molecule has 222 valence electrons. The number of carbonyl (C=O) groups is 2. The summed E-state index contributed by atoms with van der Waals surface area (Å²) in [5, 5.41) is 18.1. The van der Waals surface area contributed by atoms with Gasteiger partial charge in [-0.15, -0.1) is 0 Å². The molecule has 1 aliphatic heterocycles. The van der Waals surface area contributed by atoms with Crippen LogP contribution in [0.1, 0.15) is 82.9 Å². The first-order valence-electron chi connectivity index (χ1n) is 14.9. The van der Waals surface area contributed by atoms with Gasteiger partial charge in [0.25, 0.3) is 5.91 Å². The molecule has 3 aromatic rings. The average molecular weight is 572 g/mol. The van der Waals surface area contributed by atoms with E-state index in [0.717, 1.165) is 37.0 Å². The van der Waals surface area contributed by atoms with E-state index in [4.69, 9.17) is 15.2 Å². The number of rotatable bonds is 7. The van der Waals surface area contributed by atoms with Crippen LogP contribution in [0.2, 0.25) is 0 Å². The molecule has 0 spiro atoms. The summed E-state index contributed by atoms with van der Waals surface area (Å²) in [6.07, 6.45) is 2.99. The molecule has 5 N–H and O–H groups in total. The second-order valence-electron chi connectivity index (χ2n) is 11.8. The van der Waals surface area contributed by atoms with E-state index in [-0.39, 0.29) is 16.7 Å². The van der Waals surface area contributed by atoms with Gasteiger partial charge in [0.2, 0.25) is 5.91 Å². The Balaban J connectivity index is 1.39. The van der Waals surface area contributed by atoms with Crippen molar-refractivity contribution in [3.05, 3.63) is 94.5 Å². The van der Waals surface area contributed by atoms with Crippen molar-refractivity contribution in [2.24, 2.45) is 5.73 Å². The van der Waals surface area contributed by atoms with Crippen LogP contribution in [0.25, 0.3) is 0 Å². The molecule has 4 bridgehead atoms. The zero-order chi connectivity index (χ0) is 29.7. The Hall–Kier alpha value is -3.88. The number of hydrogen-bond acceptors (Lipinski definition) is 6. The largest absolute Gasteiger partial charge is 0.494 e. The van der Waals surface area contributed by atoms with Crippen molar-refractivity contribution in [2.75, 3.05) is 19.8 Å². The van der Waals surface area contributed by atoms with E-state index >= 15 is 0 Å². The van der Waals surface area contributed by atoms with Crippen LogP contribution in [0.15, 0.2) is 66.7 Å². The number of amides is 2. The number of nitrogens with one attached hydrogen (secondary N) is 2. The van der Waals surface area contributed by atoms with Crippen molar-refractivity contribution in [1.29, 1.82) is 0 Å². The number of nitrogens with two attached hydrogens (primary N) is 1. The topological polar surface area (TPSA) is 123 Å². The number of aliphatic hydroxyl groups excluding tert-OH is 1. The number of hydrogen-bond donors (Lipinski definition) is 4. The molecule has 2 atom stereocenters. The maximum absolute atomic E-state index is 13.5. The molecule has 1 saturated carbocycles. The Morgan fingerprint density at radius 3 is 2.48 bits per heavy atom. The molecule has 1 aliphatic carbocycles. The van der Waals surface area contributed by atoms with Gasteiger partial charge >= 0.3 is 0 Å². The van der Waals surface area contributed by atoms with E-state index in [2.05, 4.69) is 48.7 Å². The molecule has 42 heavy (non-hydrogen) atoms.